The van der Waals surface area contributed by atoms with Crippen molar-refractivity contribution in [2.24, 2.45) is 0 Å². The van der Waals surface area contributed by atoms with Gasteiger partial charge in [0.25, 0.3) is 0 Å². The second-order valence-corrected chi connectivity index (χ2v) is 4.36. The molecular weight excluding hydrogens is 238 g/mol. The van der Waals surface area contributed by atoms with Gasteiger partial charge in [0.05, 0.1) is 11.9 Å². The average Bonchev–Trinajstić information content (AvgIpc) is 2.76. The molecule has 0 aliphatic heterocycles. The van der Waals surface area contributed by atoms with E-state index in [1.807, 2.05) is 5.38 Å². The van der Waals surface area contributed by atoms with Crippen LogP contribution in [0.15, 0.2) is 10.9 Å². The zero-order chi connectivity index (χ0) is 12.4. The van der Waals surface area contributed by atoms with Gasteiger partial charge in [-0.3, -0.25) is 4.79 Å². The molecule has 17 heavy (non-hydrogen) atoms. The Labute approximate surface area is 102 Å². The third-order valence-electron chi connectivity index (χ3n) is 2.41. The molecule has 0 unspecified atom stereocenters. The molecule has 0 fully saturated rings. The molecule has 0 bridgehead atoms. The largest absolute Gasteiger partial charge is 0.481 e. The molecule has 0 aliphatic rings. The molecule has 2 rings (SSSR count). The first-order valence-electron chi connectivity index (χ1n) is 5.02. The fourth-order valence-corrected chi connectivity index (χ4v) is 2.11. The Morgan fingerprint density at radius 2 is 2.00 bits per heavy atom. The van der Waals surface area contributed by atoms with Crippen LogP contribution in [0.25, 0.3) is 11.5 Å². The Morgan fingerprint density at radius 3 is 2.47 bits per heavy atom. The van der Waals surface area contributed by atoms with Crippen LogP contribution in [0.3, 0.4) is 0 Å². The molecule has 2 aromatic rings. The number of hydrogen-bond donors (Lipinski definition) is 1. The van der Waals surface area contributed by atoms with Crippen LogP contribution in [0, 0.1) is 13.8 Å². The molecule has 0 spiro atoms. The lowest BCUT2D eigenvalue weighted by Gasteiger charge is -2.07. The van der Waals surface area contributed by atoms with Gasteiger partial charge in [0, 0.05) is 22.3 Å². The van der Waals surface area contributed by atoms with E-state index in [-0.39, 0.29) is 6.42 Å². The lowest BCUT2D eigenvalue weighted by Crippen LogP contribution is -2.08. The SMILES string of the molecule is Cc1nc(-c2cscn2)nc(C)c1CC(=O)O. The number of aryl methyl sites for hydroxylation is 2. The van der Waals surface area contributed by atoms with Crippen molar-refractivity contribution < 1.29 is 9.90 Å². The summed E-state index contributed by atoms with van der Waals surface area (Å²) in [4.78, 5) is 23.5. The quantitative estimate of drug-likeness (QED) is 0.898. The number of aromatic nitrogens is 3. The number of thiazole rings is 1. The monoisotopic (exact) mass is 249 g/mol. The van der Waals surface area contributed by atoms with Crippen LogP contribution in [0.5, 0.6) is 0 Å². The fraction of sp³-hybridized carbons (Fsp3) is 0.273. The first-order valence-corrected chi connectivity index (χ1v) is 5.96. The van der Waals surface area contributed by atoms with E-state index in [1.165, 1.54) is 11.3 Å². The maximum atomic E-state index is 10.7. The fourth-order valence-electron chi connectivity index (χ4n) is 1.58. The normalized spacial score (nSPS) is 10.5. The molecule has 0 aliphatic carbocycles. The summed E-state index contributed by atoms with van der Waals surface area (Å²) in [5.74, 6) is -0.323. The van der Waals surface area contributed by atoms with Crippen LogP contribution in [0.1, 0.15) is 17.0 Å². The van der Waals surface area contributed by atoms with Crippen molar-refractivity contribution in [2.75, 3.05) is 0 Å². The number of carboxylic acids is 1. The molecule has 0 amide bonds. The molecule has 2 heterocycles. The number of nitrogens with zero attached hydrogens (tertiary/aromatic N) is 3. The van der Waals surface area contributed by atoms with E-state index in [4.69, 9.17) is 5.11 Å². The van der Waals surface area contributed by atoms with Gasteiger partial charge >= 0.3 is 5.97 Å². The van der Waals surface area contributed by atoms with Crippen LogP contribution in [0.2, 0.25) is 0 Å². The van der Waals surface area contributed by atoms with E-state index in [9.17, 15) is 4.79 Å². The molecule has 0 aromatic carbocycles. The summed E-state index contributed by atoms with van der Waals surface area (Å²) >= 11 is 1.48. The number of rotatable bonds is 3. The van der Waals surface area contributed by atoms with Crippen LogP contribution in [-0.4, -0.2) is 26.0 Å². The Balaban J connectivity index is 2.45. The first kappa shape index (κ1) is 11.7. The summed E-state index contributed by atoms with van der Waals surface area (Å²) in [6.45, 7) is 3.59. The van der Waals surface area contributed by atoms with Gasteiger partial charge < -0.3 is 5.11 Å². The Hall–Kier alpha value is -1.82. The smallest absolute Gasteiger partial charge is 0.307 e. The second-order valence-electron chi connectivity index (χ2n) is 3.64. The van der Waals surface area contributed by atoms with Crippen LogP contribution >= 0.6 is 11.3 Å². The Morgan fingerprint density at radius 1 is 1.35 bits per heavy atom. The van der Waals surface area contributed by atoms with Gasteiger partial charge in [-0.2, -0.15) is 0 Å². The van der Waals surface area contributed by atoms with Crippen molar-refractivity contribution in [3.63, 3.8) is 0 Å². The molecule has 6 heteroatoms. The van der Waals surface area contributed by atoms with Crippen LogP contribution < -0.4 is 0 Å². The highest BCUT2D eigenvalue weighted by Gasteiger charge is 2.13. The molecular formula is C11H11N3O2S. The zero-order valence-corrected chi connectivity index (χ0v) is 10.3. The van der Waals surface area contributed by atoms with Gasteiger partial charge in [-0.15, -0.1) is 11.3 Å². The number of aliphatic carboxylic acids is 1. The van der Waals surface area contributed by atoms with Gasteiger partial charge in [-0.1, -0.05) is 0 Å². The predicted octanol–water partition coefficient (Wildman–Crippen LogP) is 1.84. The topological polar surface area (TPSA) is 76.0 Å². The van der Waals surface area contributed by atoms with Gasteiger partial charge in [-0.25, -0.2) is 15.0 Å². The van der Waals surface area contributed by atoms with E-state index in [1.54, 1.807) is 19.4 Å². The van der Waals surface area contributed by atoms with E-state index in [0.29, 0.717) is 22.8 Å². The number of carboxylic acid groups (broad SMARTS) is 1. The van der Waals surface area contributed by atoms with Gasteiger partial charge in [0.15, 0.2) is 5.82 Å². The van der Waals surface area contributed by atoms with Crippen molar-refractivity contribution in [1.82, 2.24) is 15.0 Å². The summed E-state index contributed by atoms with van der Waals surface area (Å²) in [6, 6.07) is 0. The molecule has 0 saturated heterocycles. The average molecular weight is 249 g/mol. The van der Waals surface area contributed by atoms with Gasteiger partial charge in [-0.05, 0) is 13.8 Å². The minimum Gasteiger partial charge on any atom is -0.481 e. The van der Waals surface area contributed by atoms with Crippen LogP contribution in [-0.2, 0) is 11.2 Å². The molecule has 0 saturated carbocycles. The second kappa shape index (κ2) is 4.58. The van der Waals surface area contributed by atoms with E-state index in [0.717, 1.165) is 5.69 Å². The van der Waals surface area contributed by atoms with E-state index in [2.05, 4.69) is 15.0 Å². The van der Waals surface area contributed by atoms with Gasteiger partial charge in [0.1, 0.15) is 5.69 Å². The van der Waals surface area contributed by atoms with Crippen molar-refractivity contribution >= 4 is 17.3 Å². The van der Waals surface area contributed by atoms with Gasteiger partial charge in [0.2, 0.25) is 0 Å². The molecule has 1 N–H and O–H groups in total. The van der Waals surface area contributed by atoms with E-state index < -0.39 is 5.97 Å². The maximum Gasteiger partial charge on any atom is 0.307 e. The van der Waals surface area contributed by atoms with E-state index >= 15 is 0 Å². The third-order valence-corrected chi connectivity index (χ3v) is 3.00. The summed E-state index contributed by atoms with van der Waals surface area (Å²) in [5, 5.41) is 10.7. The summed E-state index contributed by atoms with van der Waals surface area (Å²) in [7, 11) is 0. The van der Waals surface area contributed by atoms with Crippen molar-refractivity contribution in [2.45, 2.75) is 20.3 Å². The highest BCUT2D eigenvalue weighted by atomic mass is 32.1. The molecule has 88 valence electrons. The highest BCUT2D eigenvalue weighted by molar-refractivity contribution is 7.07. The summed E-state index contributed by atoms with van der Waals surface area (Å²) < 4.78 is 0. The Kier molecular flexibility index (Phi) is 3.14. The maximum absolute atomic E-state index is 10.7. The lowest BCUT2D eigenvalue weighted by atomic mass is 10.1. The van der Waals surface area contributed by atoms with Crippen LogP contribution in [0.4, 0.5) is 0 Å². The summed E-state index contributed by atoms with van der Waals surface area (Å²) in [5.41, 5.74) is 4.51. The third kappa shape index (κ3) is 2.47. The van der Waals surface area contributed by atoms with Crippen molar-refractivity contribution in [1.29, 1.82) is 0 Å². The Bertz CT molecular complexity index is 529. The number of hydrogen-bond acceptors (Lipinski definition) is 5. The summed E-state index contributed by atoms with van der Waals surface area (Å²) in [6.07, 6.45) is -0.0466. The minimum atomic E-state index is -0.874. The molecule has 0 radical (unpaired) electrons. The minimum absolute atomic E-state index is 0.0466. The molecule has 2 aromatic heterocycles. The number of carbonyl (C=O) groups is 1. The van der Waals surface area contributed by atoms with Crippen molar-refractivity contribution in [3.8, 4) is 11.5 Å². The highest BCUT2D eigenvalue weighted by Crippen LogP contribution is 2.18. The standard InChI is InChI=1S/C11H11N3O2S/c1-6-8(3-10(15)16)7(2)14-11(13-6)9-4-17-5-12-9/h4-5H,3H2,1-2H3,(H,15,16). The zero-order valence-electron chi connectivity index (χ0n) is 9.47. The first-order chi connectivity index (χ1) is 8.08. The molecule has 0 atom stereocenters. The lowest BCUT2D eigenvalue weighted by molar-refractivity contribution is -0.136. The molecule has 5 nitrogen and oxygen atoms in total. The predicted molar refractivity (Wildman–Crippen MR) is 64.0 cm³/mol. The van der Waals surface area contributed by atoms with Crippen molar-refractivity contribution in [3.05, 3.63) is 27.8 Å².